The largest absolute Gasteiger partial charge is 0.444 e. The molecular weight excluding hydrogens is 510 g/mol. The Labute approximate surface area is 244 Å². The van der Waals surface area contributed by atoms with Crippen LogP contribution in [0.4, 0.5) is 4.79 Å². The lowest BCUT2D eigenvalue weighted by molar-refractivity contribution is -0.131. The van der Waals surface area contributed by atoms with E-state index in [1.54, 1.807) is 27.8 Å². The average molecular weight is 552 g/mol. The predicted octanol–water partition coefficient (Wildman–Crippen LogP) is 7.52. The number of allylic oxidation sites excluding steroid dienone is 1. The van der Waals surface area contributed by atoms with E-state index in [4.69, 9.17) is 9.73 Å². The highest BCUT2D eigenvalue weighted by molar-refractivity contribution is 6.11. The van der Waals surface area contributed by atoms with Crippen LogP contribution in [0.5, 0.6) is 0 Å². The first-order valence-corrected chi connectivity index (χ1v) is 14.2. The fourth-order valence-corrected chi connectivity index (χ4v) is 5.40. The van der Waals surface area contributed by atoms with Crippen LogP contribution >= 0.6 is 0 Å². The van der Waals surface area contributed by atoms with Gasteiger partial charge in [0.25, 0.3) is 5.91 Å². The van der Waals surface area contributed by atoms with Gasteiger partial charge in [-0.1, -0.05) is 86.2 Å². The molecule has 0 fully saturated rings. The number of guanidine groups is 1. The Hall–Kier alpha value is -4.19. The zero-order valence-corrected chi connectivity index (χ0v) is 25.0. The molecule has 6 heteroatoms. The van der Waals surface area contributed by atoms with Crippen molar-refractivity contribution in [2.45, 2.75) is 70.9 Å². The van der Waals surface area contributed by atoms with E-state index in [2.05, 4.69) is 55.2 Å². The molecule has 1 aliphatic rings. The van der Waals surface area contributed by atoms with Crippen molar-refractivity contribution in [2.75, 3.05) is 7.05 Å². The first-order chi connectivity index (χ1) is 19.5. The first-order valence-electron chi connectivity index (χ1n) is 14.2. The fraction of sp³-hybridized carbons (Fsp3) is 0.343. The van der Waals surface area contributed by atoms with Crippen molar-refractivity contribution in [1.29, 1.82) is 0 Å². The molecule has 1 aliphatic heterocycles. The maximum atomic E-state index is 14.3. The van der Waals surface area contributed by atoms with Crippen LogP contribution in [0.15, 0.2) is 90.4 Å². The molecule has 0 spiro atoms. The van der Waals surface area contributed by atoms with Crippen molar-refractivity contribution in [1.82, 2.24) is 10.2 Å². The summed E-state index contributed by atoms with van der Waals surface area (Å²) in [5.74, 6) is -0.213. The Kier molecular flexibility index (Phi) is 8.81. The number of alkyl carbamates (subject to hydrolysis) is 1. The molecule has 0 aromatic heterocycles. The van der Waals surface area contributed by atoms with Crippen molar-refractivity contribution in [3.05, 3.63) is 108 Å². The van der Waals surface area contributed by atoms with Crippen molar-refractivity contribution in [3.8, 4) is 11.1 Å². The summed E-state index contributed by atoms with van der Waals surface area (Å²) in [6, 6.07) is 24.8. The van der Waals surface area contributed by atoms with E-state index in [9.17, 15) is 9.59 Å². The summed E-state index contributed by atoms with van der Waals surface area (Å²) in [7, 11) is 1.64. The predicted molar refractivity (Wildman–Crippen MR) is 166 cm³/mol. The van der Waals surface area contributed by atoms with Gasteiger partial charge in [0.15, 0.2) is 5.54 Å². The van der Waals surface area contributed by atoms with Crippen LogP contribution in [0, 0.1) is 6.92 Å². The number of nitrogens with zero attached hydrogens (tertiary/aromatic N) is 2. The minimum Gasteiger partial charge on any atom is -0.444 e. The normalized spacial score (nSPS) is 17.7. The van der Waals surface area contributed by atoms with Gasteiger partial charge >= 0.3 is 6.09 Å². The number of aliphatic imine (C=N–C) groups is 1. The van der Waals surface area contributed by atoms with Crippen LogP contribution in [0.2, 0.25) is 0 Å². The maximum absolute atomic E-state index is 14.3. The molecule has 1 heterocycles. The molecule has 0 saturated carbocycles. The monoisotopic (exact) mass is 551 g/mol. The number of rotatable bonds is 8. The van der Waals surface area contributed by atoms with E-state index in [0.29, 0.717) is 6.42 Å². The Morgan fingerprint density at radius 1 is 1.07 bits per heavy atom. The lowest BCUT2D eigenvalue weighted by atomic mass is 9.76. The molecule has 1 N–H and O–H groups in total. The van der Waals surface area contributed by atoms with E-state index < -0.39 is 17.2 Å². The first kappa shape index (κ1) is 29.8. The maximum Gasteiger partial charge on any atom is 0.414 e. The molecule has 2 unspecified atom stereocenters. The molecule has 0 radical (unpaired) electrons. The lowest BCUT2D eigenvalue weighted by Crippen LogP contribution is -2.45. The number of carbonyl (C=O) groups excluding carboxylic acids is 2. The fourth-order valence-electron chi connectivity index (χ4n) is 5.40. The Bertz CT molecular complexity index is 1450. The number of likely N-dealkylation sites (N-methyl/N-ethyl adjacent to an activating group) is 1. The number of aryl methyl sites for hydroxylation is 2. The quantitative estimate of drug-likeness (QED) is 0.294. The summed E-state index contributed by atoms with van der Waals surface area (Å²) in [5.41, 5.74) is 4.19. The third kappa shape index (κ3) is 6.59. The SMILES string of the molecule is C=CC(CC1(c2cc(-c3cccc(CCC)c3)ccc2C)N=C(NC(=O)OC(C)(C)C)N(C)C1=O)c1ccccc1. The molecule has 6 nitrogen and oxygen atoms in total. The molecule has 0 bridgehead atoms. The topological polar surface area (TPSA) is 71.0 Å². The van der Waals surface area contributed by atoms with Gasteiger partial charge in [0.05, 0.1) is 0 Å². The number of benzene rings is 3. The smallest absolute Gasteiger partial charge is 0.414 e. The van der Waals surface area contributed by atoms with Crippen LogP contribution in [-0.2, 0) is 21.5 Å². The minimum absolute atomic E-state index is 0.158. The van der Waals surface area contributed by atoms with Crippen molar-refractivity contribution in [3.63, 3.8) is 0 Å². The number of nitrogens with one attached hydrogen (secondary N) is 1. The molecule has 3 aromatic rings. The number of amides is 2. The molecule has 2 atom stereocenters. The molecule has 0 aliphatic carbocycles. The molecule has 2 amide bonds. The molecule has 41 heavy (non-hydrogen) atoms. The molecule has 4 rings (SSSR count). The highest BCUT2D eigenvalue weighted by atomic mass is 16.6. The van der Waals surface area contributed by atoms with Crippen LogP contribution in [0.25, 0.3) is 11.1 Å². The Morgan fingerprint density at radius 3 is 2.44 bits per heavy atom. The van der Waals surface area contributed by atoms with Crippen LogP contribution in [0.1, 0.15) is 68.7 Å². The van der Waals surface area contributed by atoms with Crippen molar-refractivity contribution < 1.29 is 14.3 Å². The summed E-state index contributed by atoms with van der Waals surface area (Å²) >= 11 is 0. The third-order valence-electron chi connectivity index (χ3n) is 7.40. The minimum atomic E-state index is -1.28. The van der Waals surface area contributed by atoms with Crippen LogP contribution in [-0.4, -0.2) is 35.5 Å². The van der Waals surface area contributed by atoms with E-state index in [1.807, 2.05) is 49.4 Å². The third-order valence-corrected chi connectivity index (χ3v) is 7.40. The second kappa shape index (κ2) is 12.1. The van der Waals surface area contributed by atoms with Gasteiger partial charge in [-0.3, -0.25) is 15.0 Å². The summed E-state index contributed by atoms with van der Waals surface area (Å²) in [6.45, 7) is 13.7. The van der Waals surface area contributed by atoms with Gasteiger partial charge in [-0.2, -0.15) is 0 Å². The van der Waals surface area contributed by atoms with E-state index in [-0.39, 0.29) is 17.8 Å². The summed E-state index contributed by atoms with van der Waals surface area (Å²) in [5, 5.41) is 2.73. The summed E-state index contributed by atoms with van der Waals surface area (Å²) in [6.07, 6.45) is 3.63. The van der Waals surface area contributed by atoms with E-state index in [0.717, 1.165) is 40.7 Å². The van der Waals surface area contributed by atoms with Crippen LogP contribution < -0.4 is 5.32 Å². The van der Waals surface area contributed by atoms with E-state index in [1.165, 1.54) is 10.5 Å². The highest BCUT2D eigenvalue weighted by Gasteiger charge is 2.51. The van der Waals surface area contributed by atoms with Crippen LogP contribution in [0.3, 0.4) is 0 Å². The van der Waals surface area contributed by atoms with Gasteiger partial charge in [0.2, 0.25) is 5.96 Å². The molecule has 3 aromatic carbocycles. The standard InChI is InChI=1S/C35H41N3O3/c1-8-14-25-15-13-18-28(21-25)29-20-19-24(3)30(22-29)35(23-26(9-2)27-16-11-10-12-17-27)31(39)38(7)32(37-35)36-33(40)41-34(4,5)6/h9-13,15-22,26H,2,8,14,23H2,1,3-7H3,(H,36,37,40). The summed E-state index contributed by atoms with van der Waals surface area (Å²) < 4.78 is 5.48. The molecular formula is C35H41N3O3. The van der Waals surface area contributed by atoms with Gasteiger partial charge in [0, 0.05) is 13.0 Å². The Balaban J connectivity index is 1.86. The second-order valence-electron chi connectivity index (χ2n) is 11.7. The van der Waals surface area contributed by atoms with Crippen molar-refractivity contribution >= 4 is 18.0 Å². The zero-order valence-electron chi connectivity index (χ0n) is 25.0. The second-order valence-corrected chi connectivity index (χ2v) is 11.7. The van der Waals surface area contributed by atoms with Gasteiger partial charge < -0.3 is 4.74 Å². The number of carbonyl (C=O) groups is 2. The van der Waals surface area contributed by atoms with Crippen molar-refractivity contribution in [2.24, 2.45) is 4.99 Å². The number of hydrogen-bond acceptors (Lipinski definition) is 4. The highest BCUT2D eigenvalue weighted by Crippen LogP contribution is 2.44. The van der Waals surface area contributed by atoms with Gasteiger partial charge in [-0.15, -0.1) is 6.58 Å². The molecule has 0 saturated heterocycles. The van der Waals surface area contributed by atoms with Gasteiger partial charge in [0.1, 0.15) is 5.60 Å². The lowest BCUT2D eigenvalue weighted by Gasteiger charge is -2.30. The molecule has 214 valence electrons. The summed E-state index contributed by atoms with van der Waals surface area (Å²) in [4.78, 5) is 33.5. The zero-order chi connectivity index (χ0) is 29.8. The number of hydrogen-bond donors (Lipinski definition) is 1. The average Bonchev–Trinajstić information content (AvgIpc) is 3.16. The number of ether oxygens (including phenoxy) is 1. The van der Waals surface area contributed by atoms with Gasteiger partial charge in [-0.25, -0.2) is 9.79 Å². The Morgan fingerprint density at radius 2 is 1.78 bits per heavy atom. The van der Waals surface area contributed by atoms with E-state index >= 15 is 0 Å². The van der Waals surface area contributed by atoms with Gasteiger partial charge in [-0.05, 0) is 80.0 Å².